The van der Waals surface area contributed by atoms with Crippen molar-refractivity contribution in [3.05, 3.63) is 12.2 Å². The van der Waals surface area contributed by atoms with Gasteiger partial charge in [-0.15, -0.1) is 0 Å². The Kier molecular flexibility index (Phi) is 3.31. The number of nitrogens with zero attached hydrogens (tertiary/aromatic N) is 1. The molecule has 74 valence electrons. The van der Waals surface area contributed by atoms with Crippen LogP contribution in [0, 0.1) is 0 Å². The van der Waals surface area contributed by atoms with Gasteiger partial charge in [0.2, 0.25) is 0 Å². The standard InChI is InChI=1S/C10H18N2S/c1-7(2)6-11-10(13)12-8(3)5-9(12)4/h8-9H,1,5-6H2,2-4H3,(H,11,13). The van der Waals surface area contributed by atoms with Crippen molar-refractivity contribution in [3.63, 3.8) is 0 Å². The zero-order valence-electron chi connectivity index (χ0n) is 8.63. The van der Waals surface area contributed by atoms with Crippen molar-refractivity contribution in [1.82, 2.24) is 10.2 Å². The van der Waals surface area contributed by atoms with E-state index in [1.807, 2.05) is 6.92 Å². The van der Waals surface area contributed by atoms with Gasteiger partial charge in [0.05, 0.1) is 0 Å². The molecule has 0 amide bonds. The Morgan fingerprint density at radius 2 is 2.08 bits per heavy atom. The molecule has 0 saturated carbocycles. The number of likely N-dealkylation sites (tertiary alicyclic amines) is 1. The van der Waals surface area contributed by atoms with Crippen molar-refractivity contribution < 1.29 is 0 Å². The smallest absolute Gasteiger partial charge is 0.169 e. The van der Waals surface area contributed by atoms with Crippen molar-refractivity contribution in [2.24, 2.45) is 0 Å². The van der Waals surface area contributed by atoms with Crippen LogP contribution in [0.4, 0.5) is 0 Å². The van der Waals surface area contributed by atoms with Crippen LogP contribution >= 0.6 is 12.2 Å². The normalized spacial score (nSPS) is 26.5. The average Bonchev–Trinajstić information content (AvgIpc) is 2.00. The Balaban J connectivity index is 2.35. The SMILES string of the molecule is C=C(C)CNC(=S)N1C(C)CC1C. The third-order valence-corrected chi connectivity index (χ3v) is 2.76. The summed E-state index contributed by atoms with van der Waals surface area (Å²) in [6, 6.07) is 1.19. The maximum atomic E-state index is 5.27. The Hall–Kier alpha value is -0.570. The highest BCUT2D eigenvalue weighted by Gasteiger charge is 2.33. The molecule has 0 aromatic carbocycles. The second-order valence-corrected chi connectivity index (χ2v) is 4.34. The van der Waals surface area contributed by atoms with E-state index >= 15 is 0 Å². The first-order valence-electron chi connectivity index (χ1n) is 4.73. The highest BCUT2D eigenvalue weighted by atomic mass is 32.1. The Morgan fingerprint density at radius 3 is 2.46 bits per heavy atom. The minimum absolute atomic E-state index is 0.597. The van der Waals surface area contributed by atoms with Crippen LogP contribution in [0.2, 0.25) is 0 Å². The molecule has 0 aromatic heterocycles. The van der Waals surface area contributed by atoms with Crippen LogP contribution in [0.25, 0.3) is 0 Å². The van der Waals surface area contributed by atoms with Gasteiger partial charge in [0.15, 0.2) is 5.11 Å². The predicted molar refractivity (Wildman–Crippen MR) is 60.8 cm³/mol. The van der Waals surface area contributed by atoms with E-state index in [0.29, 0.717) is 12.1 Å². The fourth-order valence-corrected chi connectivity index (χ4v) is 2.17. The van der Waals surface area contributed by atoms with Crippen molar-refractivity contribution in [2.45, 2.75) is 39.3 Å². The van der Waals surface area contributed by atoms with Gasteiger partial charge in [0.25, 0.3) is 0 Å². The van der Waals surface area contributed by atoms with Crippen molar-refractivity contribution in [1.29, 1.82) is 0 Å². The highest BCUT2D eigenvalue weighted by Crippen LogP contribution is 2.24. The van der Waals surface area contributed by atoms with Crippen LogP contribution in [0.1, 0.15) is 27.2 Å². The minimum atomic E-state index is 0.597. The maximum absolute atomic E-state index is 5.27. The Bertz CT molecular complexity index is 217. The monoisotopic (exact) mass is 198 g/mol. The molecule has 0 aliphatic carbocycles. The van der Waals surface area contributed by atoms with Crippen molar-refractivity contribution in [2.75, 3.05) is 6.54 Å². The van der Waals surface area contributed by atoms with E-state index < -0.39 is 0 Å². The van der Waals surface area contributed by atoms with E-state index in [-0.39, 0.29) is 0 Å². The van der Waals surface area contributed by atoms with Gasteiger partial charge in [-0.05, 0) is 39.4 Å². The molecule has 1 fully saturated rings. The van der Waals surface area contributed by atoms with E-state index in [2.05, 4.69) is 30.6 Å². The van der Waals surface area contributed by atoms with Gasteiger partial charge in [-0.1, -0.05) is 12.2 Å². The number of nitrogens with one attached hydrogen (secondary N) is 1. The fraction of sp³-hybridized carbons (Fsp3) is 0.700. The molecule has 0 radical (unpaired) electrons. The van der Waals surface area contributed by atoms with E-state index in [1.54, 1.807) is 0 Å². The van der Waals surface area contributed by atoms with Gasteiger partial charge in [-0.2, -0.15) is 0 Å². The molecule has 13 heavy (non-hydrogen) atoms. The first-order chi connectivity index (χ1) is 6.02. The topological polar surface area (TPSA) is 15.3 Å². The number of rotatable bonds is 2. The Labute approximate surface area is 86.0 Å². The lowest BCUT2D eigenvalue weighted by Gasteiger charge is -2.47. The molecule has 2 nitrogen and oxygen atoms in total. The molecule has 1 aliphatic heterocycles. The summed E-state index contributed by atoms with van der Waals surface area (Å²) in [5.41, 5.74) is 1.11. The molecule has 2 atom stereocenters. The largest absolute Gasteiger partial charge is 0.359 e. The van der Waals surface area contributed by atoms with Gasteiger partial charge in [-0.3, -0.25) is 0 Å². The lowest BCUT2D eigenvalue weighted by molar-refractivity contribution is 0.122. The first-order valence-corrected chi connectivity index (χ1v) is 5.13. The van der Waals surface area contributed by atoms with Crippen LogP contribution in [-0.4, -0.2) is 28.6 Å². The molecule has 0 aromatic rings. The van der Waals surface area contributed by atoms with E-state index in [1.165, 1.54) is 6.42 Å². The van der Waals surface area contributed by atoms with E-state index in [9.17, 15) is 0 Å². The van der Waals surface area contributed by atoms with Gasteiger partial charge in [0, 0.05) is 18.6 Å². The molecule has 1 N–H and O–H groups in total. The molecular weight excluding hydrogens is 180 g/mol. The number of hydrogen-bond donors (Lipinski definition) is 1. The molecule has 0 spiro atoms. The van der Waals surface area contributed by atoms with Gasteiger partial charge in [0.1, 0.15) is 0 Å². The summed E-state index contributed by atoms with van der Waals surface area (Å²) < 4.78 is 0. The van der Waals surface area contributed by atoms with Crippen molar-refractivity contribution >= 4 is 17.3 Å². The molecule has 1 rings (SSSR count). The first kappa shape index (κ1) is 10.5. The molecule has 1 heterocycles. The molecule has 1 aliphatic rings. The van der Waals surface area contributed by atoms with E-state index in [4.69, 9.17) is 12.2 Å². The lowest BCUT2D eigenvalue weighted by atomic mass is 9.97. The number of hydrogen-bond acceptors (Lipinski definition) is 1. The van der Waals surface area contributed by atoms with Crippen LogP contribution in [0.3, 0.4) is 0 Å². The van der Waals surface area contributed by atoms with Gasteiger partial charge >= 0.3 is 0 Å². The lowest BCUT2D eigenvalue weighted by Crippen LogP contribution is -2.58. The molecular formula is C10H18N2S. The van der Waals surface area contributed by atoms with Crippen LogP contribution < -0.4 is 5.32 Å². The minimum Gasteiger partial charge on any atom is -0.359 e. The Morgan fingerprint density at radius 1 is 1.54 bits per heavy atom. The third-order valence-electron chi connectivity index (χ3n) is 2.41. The van der Waals surface area contributed by atoms with Crippen LogP contribution in [0.5, 0.6) is 0 Å². The summed E-state index contributed by atoms with van der Waals surface area (Å²) in [4.78, 5) is 2.25. The maximum Gasteiger partial charge on any atom is 0.169 e. The molecule has 1 saturated heterocycles. The third kappa shape index (κ3) is 2.44. The summed E-state index contributed by atoms with van der Waals surface area (Å²) in [7, 11) is 0. The van der Waals surface area contributed by atoms with E-state index in [0.717, 1.165) is 17.2 Å². The summed E-state index contributed by atoms with van der Waals surface area (Å²) in [6.07, 6.45) is 1.24. The second-order valence-electron chi connectivity index (χ2n) is 3.96. The summed E-state index contributed by atoms with van der Waals surface area (Å²) in [5.74, 6) is 0. The van der Waals surface area contributed by atoms with Crippen LogP contribution in [0.15, 0.2) is 12.2 Å². The molecule has 2 unspecified atom stereocenters. The summed E-state index contributed by atoms with van der Waals surface area (Å²) in [6.45, 7) is 11.0. The van der Waals surface area contributed by atoms with Gasteiger partial charge in [-0.25, -0.2) is 0 Å². The molecule has 0 bridgehead atoms. The zero-order valence-corrected chi connectivity index (χ0v) is 9.45. The van der Waals surface area contributed by atoms with Crippen LogP contribution in [-0.2, 0) is 0 Å². The highest BCUT2D eigenvalue weighted by molar-refractivity contribution is 7.80. The molecule has 3 heteroatoms. The van der Waals surface area contributed by atoms with Crippen molar-refractivity contribution in [3.8, 4) is 0 Å². The predicted octanol–water partition coefficient (Wildman–Crippen LogP) is 1.92. The van der Waals surface area contributed by atoms with Gasteiger partial charge < -0.3 is 10.2 Å². The second kappa shape index (κ2) is 4.09. The zero-order chi connectivity index (χ0) is 10.0. The quantitative estimate of drug-likeness (QED) is 0.539. The number of thiocarbonyl (C=S) groups is 1. The average molecular weight is 198 g/mol. The fourth-order valence-electron chi connectivity index (χ4n) is 1.74. The summed E-state index contributed by atoms with van der Waals surface area (Å²) >= 11 is 5.27. The summed E-state index contributed by atoms with van der Waals surface area (Å²) in [5, 5.41) is 4.07.